The fraction of sp³-hybridized carbons (Fsp3) is 0.316. The molecular weight excluding hydrogens is 352 g/mol. The summed E-state index contributed by atoms with van der Waals surface area (Å²) in [6, 6.07) is 13.6. The molecule has 2 aromatic carbocycles. The SMILES string of the molecule is O=C(O)c1ccc(S(=O)(=O)NCCCN2CCc3ccccc3C2)cc1. The Labute approximate surface area is 153 Å². The average molecular weight is 374 g/mol. The summed E-state index contributed by atoms with van der Waals surface area (Å²) >= 11 is 0. The van der Waals surface area contributed by atoms with E-state index in [1.165, 1.54) is 35.4 Å². The van der Waals surface area contributed by atoms with Gasteiger partial charge in [0.05, 0.1) is 10.5 Å². The van der Waals surface area contributed by atoms with E-state index in [1.54, 1.807) is 0 Å². The van der Waals surface area contributed by atoms with Crippen LogP contribution in [0.1, 0.15) is 27.9 Å². The molecule has 0 saturated heterocycles. The quantitative estimate of drug-likeness (QED) is 0.725. The topological polar surface area (TPSA) is 86.7 Å². The molecule has 0 aliphatic carbocycles. The molecule has 1 aliphatic rings. The molecule has 0 saturated carbocycles. The minimum absolute atomic E-state index is 0.0642. The highest BCUT2D eigenvalue weighted by Crippen LogP contribution is 2.18. The Morgan fingerprint density at radius 2 is 1.77 bits per heavy atom. The number of sulfonamides is 1. The van der Waals surface area contributed by atoms with Crippen molar-refractivity contribution in [2.45, 2.75) is 24.3 Å². The van der Waals surface area contributed by atoms with E-state index in [0.29, 0.717) is 13.0 Å². The lowest BCUT2D eigenvalue weighted by Crippen LogP contribution is -2.33. The van der Waals surface area contributed by atoms with E-state index >= 15 is 0 Å². The third-order valence-corrected chi connectivity index (χ3v) is 6.04. The largest absolute Gasteiger partial charge is 0.478 e. The highest BCUT2D eigenvalue weighted by molar-refractivity contribution is 7.89. The number of benzene rings is 2. The van der Waals surface area contributed by atoms with Gasteiger partial charge in [-0.25, -0.2) is 17.9 Å². The summed E-state index contributed by atoms with van der Waals surface area (Å²) in [4.78, 5) is 13.2. The molecule has 2 N–H and O–H groups in total. The Hall–Kier alpha value is -2.22. The number of carboxylic acids is 1. The van der Waals surface area contributed by atoms with E-state index in [2.05, 4.69) is 27.8 Å². The normalized spacial score (nSPS) is 14.8. The molecule has 1 aliphatic heterocycles. The number of carboxylic acid groups (broad SMARTS) is 1. The molecule has 0 bridgehead atoms. The smallest absolute Gasteiger partial charge is 0.335 e. The maximum absolute atomic E-state index is 12.3. The van der Waals surface area contributed by atoms with E-state index in [9.17, 15) is 13.2 Å². The number of aromatic carboxylic acids is 1. The standard InChI is InChI=1S/C19H22N2O4S/c22-19(23)16-6-8-18(9-7-16)26(24,25)20-11-3-12-21-13-10-15-4-1-2-5-17(15)14-21/h1-2,4-9,20H,3,10-14H2,(H,22,23). The van der Waals surface area contributed by atoms with E-state index in [4.69, 9.17) is 5.11 Å². The zero-order valence-electron chi connectivity index (χ0n) is 14.4. The van der Waals surface area contributed by atoms with Gasteiger partial charge in [-0.1, -0.05) is 24.3 Å². The van der Waals surface area contributed by atoms with Gasteiger partial charge in [0.25, 0.3) is 0 Å². The Morgan fingerprint density at radius 3 is 2.46 bits per heavy atom. The van der Waals surface area contributed by atoms with Crippen LogP contribution in [-0.4, -0.2) is 44.0 Å². The van der Waals surface area contributed by atoms with Crippen LogP contribution >= 0.6 is 0 Å². The number of rotatable bonds is 7. The minimum atomic E-state index is -3.62. The van der Waals surface area contributed by atoms with Crippen molar-refractivity contribution >= 4 is 16.0 Å². The molecule has 3 rings (SSSR count). The van der Waals surface area contributed by atoms with Gasteiger partial charge in [0.1, 0.15) is 0 Å². The fourth-order valence-corrected chi connectivity index (χ4v) is 4.19. The summed E-state index contributed by atoms with van der Waals surface area (Å²) in [6.45, 7) is 3.07. The van der Waals surface area contributed by atoms with Crippen molar-refractivity contribution in [3.8, 4) is 0 Å². The molecule has 0 unspecified atom stereocenters. The van der Waals surface area contributed by atoms with Gasteiger partial charge in [-0.3, -0.25) is 4.90 Å². The molecule has 0 aromatic heterocycles. The second-order valence-electron chi connectivity index (χ2n) is 6.38. The molecule has 6 nitrogen and oxygen atoms in total. The van der Waals surface area contributed by atoms with Crippen molar-refractivity contribution in [2.75, 3.05) is 19.6 Å². The first kappa shape index (κ1) is 18.6. The van der Waals surface area contributed by atoms with Crippen LogP contribution in [0.25, 0.3) is 0 Å². The van der Waals surface area contributed by atoms with E-state index in [0.717, 1.165) is 26.1 Å². The third-order valence-electron chi connectivity index (χ3n) is 4.56. The first-order valence-electron chi connectivity index (χ1n) is 8.58. The van der Waals surface area contributed by atoms with Crippen molar-refractivity contribution in [2.24, 2.45) is 0 Å². The molecule has 2 aromatic rings. The summed E-state index contributed by atoms with van der Waals surface area (Å²) < 4.78 is 27.1. The van der Waals surface area contributed by atoms with Gasteiger partial charge in [0.15, 0.2) is 0 Å². The Kier molecular flexibility index (Phi) is 5.70. The lowest BCUT2D eigenvalue weighted by atomic mass is 10.00. The predicted octanol–water partition coefficient (Wildman–Crippen LogP) is 2.11. The van der Waals surface area contributed by atoms with Crippen molar-refractivity contribution in [3.05, 3.63) is 65.2 Å². The Bertz CT molecular complexity index is 879. The lowest BCUT2D eigenvalue weighted by Gasteiger charge is -2.28. The molecule has 0 atom stereocenters. The second-order valence-corrected chi connectivity index (χ2v) is 8.14. The molecule has 138 valence electrons. The summed E-state index contributed by atoms with van der Waals surface area (Å²) in [6.07, 6.45) is 1.74. The fourth-order valence-electron chi connectivity index (χ4n) is 3.11. The molecule has 0 spiro atoms. The highest BCUT2D eigenvalue weighted by Gasteiger charge is 2.17. The molecule has 1 heterocycles. The number of carbonyl (C=O) groups is 1. The van der Waals surface area contributed by atoms with Gasteiger partial charge in [-0.15, -0.1) is 0 Å². The van der Waals surface area contributed by atoms with Crippen LogP contribution in [0, 0.1) is 0 Å². The van der Waals surface area contributed by atoms with Crippen molar-refractivity contribution in [1.29, 1.82) is 0 Å². The number of nitrogens with zero attached hydrogens (tertiary/aromatic N) is 1. The molecule has 0 fully saturated rings. The van der Waals surface area contributed by atoms with Gasteiger partial charge in [-0.05, 0) is 54.8 Å². The second kappa shape index (κ2) is 7.99. The van der Waals surface area contributed by atoms with Gasteiger partial charge < -0.3 is 5.11 Å². The number of hydrogen-bond donors (Lipinski definition) is 2. The number of nitrogens with one attached hydrogen (secondary N) is 1. The van der Waals surface area contributed by atoms with Crippen LogP contribution in [0.3, 0.4) is 0 Å². The monoisotopic (exact) mass is 374 g/mol. The van der Waals surface area contributed by atoms with Crippen LogP contribution in [-0.2, 0) is 23.0 Å². The van der Waals surface area contributed by atoms with E-state index in [1.807, 2.05) is 6.07 Å². The van der Waals surface area contributed by atoms with Crippen LogP contribution < -0.4 is 4.72 Å². The zero-order chi connectivity index (χ0) is 18.6. The van der Waals surface area contributed by atoms with Crippen LogP contribution in [0.15, 0.2) is 53.4 Å². The van der Waals surface area contributed by atoms with Gasteiger partial charge >= 0.3 is 5.97 Å². The van der Waals surface area contributed by atoms with Crippen LogP contribution in [0.2, 0.25) is 0 Å². The van der Waals surface area contributed by atoms with Gasteiger partial charge in [0, 0.05) is 19.6 Å². The Morgan fingerprint density at radius 1 is 1.08 bits per heavy atom. The van der Waals surface area contributed by atoms with E-state index in [-0.39, 0.29) is 10.5 Å². The number of hydrogen-bond acceptors (Lipinski definition) is 4. The maximum atomic E-state index is 12.3. The summed E-state index contributed by atoms with van der Waals surface area (Å²) in [5.74, 6) is -1.08. The summed E-state index contributed by atoms with van der Waals surface area (Å²) in [5.41, 5.74) is 2.81. The number of fused-ring (bicyclic) bond motifs is 1. The molecule has 0 radical (unpaired) electrons. The molecular formula is C19H22N2O4S. The molecule has 0 amide bonds. The third kappa shape index (κ3) is 4.49. The van der Waals surface area contributed by atoms with Crippen molar-refractivity contribution in [3.63, 3.8) is 0 Å². The average Bonchev–Trinajstić information content (AvgIpc) is 2.65. The predicted molar refractivity (Wildman–Crippen MR) is 98.6 cm³/mol. The Balaban J connectivity index is 1.48. The van der Waals surface area contributed by atoms with Gasteiger partial charge in [0.2, 0.25) is 10.0 Å². The van der Waals surface area contributed by atoms with E-state index < -0.39 is 16.0 Å². The maximum Gasteiger partial charge on any atom is 0.335 e. The van der Waals surface area contributed by atoms with Crippen LogP contribution in [0.4, 0.5) is 0 Å². The zero-order valence-corrected chi connectivity index (χ0v) is 15.2. The van der Waals surface area contributed by atoms with Crippen molar-refractivity contribution in [1.82, 2.24) is 9.62 Å². The minimum Gasteiger partial charge on any atom is -0.478 e. The summed E-state index contributed by atoms with van der Waals surface area (Å²) in [7, 11) is -3.62. The highest BCUT2D eigenvalue weighted by atomic mass is 32.2. The first-order chi connectivity index (χ1) is 12.5. The lowest BCUT2D eigenvalue weighted by molar-refractivity contribution is 0.0696. The van der Waals surface area contributed by atoms with Crippen LogP contribution in [0.5, 0.6) is 0 Å². The first-order valence-corrected chi connectivity index (χ1v) is 10.1. The summed E-state index contributed by atoms with van der Waals surface area (Å²) in [5, 5.41) is 8.87. The molecule has 26 heavy (non-hydrogen) atoms. The van der Waals surface area contributed by atoms with Gasteiger partial charge in [-0.2, -0.15) is 0 Å². The van der Waals surface area contributed by atoms with Crippen molar-refractivity contribution < 1.29 is 18.3 Å². The molecule has 7 heteroatoms.